The van der Waals surface area contributed by atoms with Crippen LogP contribution < -0.4 is 5.32 Å². The quantitative estimate of drug-likeness (QED) is 0.899. The van der Waals surface area contributed by atoms with Crippen molar-refractivity contribution in [1.82, 2.24) is 15.1 Å². The highest BCUT2D eigenvalue weighted by Crippen LogP contribution is 2.27. The zero-order valence-corrected chi connectivity index (χ0v) is 11.8. The Labute approximate surface area is 119 Å². The van der Waals surface area contributed by atoms with E-state index in [2.05, 4.69) is 15.5 Å². The van der Waals surface area contributed by atoms with Gasteiger partial charge in [0.1, 0.15) is 5.82 Å². The topological polar surface area (TPSA) is 78.1 Å². The molecule has 2 N–H and O–H groups in total. The van der Waals surface area contributed by atoms with E-state index in [-0.39, 0.29) is 11.8 Å². The minimum absolute atomic E-state index is 0.0125. The molecule has 6 nitrogen and oxygen atoms in total. The number of fused-ring (bicyclic) bond motifs is 1. The van der Waals surface area contributed by atoms with E-state index in [1.807, 2.05) is 16.8 Å². The van der Waals surface area contributed by atoms with Crippen molar-refractivity contribution in [3.05, 3.63) is 33.6 Å². The van der Waals surface area contributed by atoms with Crippen LogP contribution in [0, 0.1) is 0 Å². The van der Waals surface area contributed by atoms with Gasteiger partial charge < -0.3 is 10.2 Å². The number of H-pyrrole nitrogens is 1. The van der Waals surface area contributed by atoms with Crippen molar-refractivity contribution < 1.29 is 9.59 Å². The maximum atomic E-state index is 12.0. The first-order chi connectivity index (χ1) is 9.63. The van der Waals surface area contributed by atoms with Crippen LogP contribution in [-0.2, 0) is 29.1 Å². The second kappa shape index (κ2) is 5.09. The number of anilines is 1. The predicted octanol–water partition coefficient (Wildman–Crippen LogP) is 1.51. The second-order valence-electron chi connectivity index (χ2n) is 4.76. The van der Waals surface area contributed by atoms with Crippen LogP contribution >= 0.6 is 11.3 Å². The molecule has 0 saturated carbocycles. The van der Waals surface area contributed by atoms with Crippen LogP contribution in [-0.4, -0.2) is 26.9 Å². The number of hydrogen-bond donors (Lipinski definition) is 2. The monoisotopic (exact) mass is 290 g/mol. The number of nitrogens with one attached hydrogen (secondary N) is 2. The molecule has 0 spiro atoms. The van der Waals surface area contributed by atoms with E-state index < -0.39 is 0 Å². The van der Waals surface area contributed by atoms with E-state index >= 15 is 0 Å². The average Bonchev–Trinajstić information content (AvgIpc) is 3.07. The lowest BCUT2D eigenvalue weighted by molar-refractivity contribution is -0.129. The fraction of sp³-hybridized carbons (Fsp3) is 0.308. The van der Waals surface area contributed by atoms with Crippen molar-refractivity contribution in [3.63, 3.8) is 0 Å². The van der Waals surface area contributed by atoms with Crippen molar-refractivity contribution in [2.45, 2.75) is 26.4 Å². The first-order valence-corrected chi connectivity index (χ1v) is 7.20. The van der Waals surface area contributed by atoms with E-state index in [1.54, 1.807) is 16.2 Å². The molecule has 2 amide bonds. The molecule has 3 rings (SSSR count). The molecule has 0 radical (unpaired) electrons. The lowest BCUT2D eigenvalue weighted by Crippen LogP contribution is -2.23. The summed E-state index contributed by atoms with van der Waals surface area (Å²) >= 11 is 1.57. The second-order valence-corrected chi connectivity index (χ2v) is 5.54. The van der Waals surface area contributed by atoms with Gasteiger partial charge in [-0.2, -0.15) is 16.4 Å². The molecule has 0 fully saturated rings. The zero-order valence-electron chi connectivity index (χ0n) is 11.0. The predicted molar refractivity (Wildman–Crippen MR) is 75.2 cm³/mol. The normalized spacial score (nSPS) is 13.3. The van der Waals surface area contributed by atoms with Crippen molar-refractivity contribution in [2.24, 2.45) is 0 Å². The molecule has 7 heteroatoms. The van der Waals surface area contributed by atoms with Crippen LogP contribution in [0.15, 0.2) is 16.8 Å². The van der Waals surface area contributed by atoms with E-state index in [1.165, 1.54) is 6.92 Å². The van der Waals surface area contributed by atoms with Crippen LogP contribution in [0.1, 0.15) is 23.7 Å². The third kappa shape index (κ3) is 2.44. The summed E-state index contributed by atoms with van der Waals surface area (Å²) < 4.78 is 0. The van der Waals surface area contributed by atoms with Gasteiger partial charge in [0.2, 0.25) is 11.8 Å². The van der Waals surface area contributed by atoms with Gasteiger partial charge in [-0.3, -0.25) is 14.7 Å². The number of amides is 2. The van der Waals surface area contributed by atoms with E-state index in [0.29, 0.717) is 25.3 Å². The van der Waals surface area contributed by atoms with Gasteiger partial charge in [0.25, 0.3) is 0 Å². The van der Waals surface area contributed by atoms with Gasteiger partial charge in [0, 0.05) is 12.5 Å². The first-order valence-electron chi connectivity index (χ1n) is 6.26. The number of aromatic nitrogens is 2. The molecule has 0 unspecified atom stereocenters. The number of aromatic amines is 1. The molecule has 2 aromatic heterocycles. The molecule has 20 heavy (non-hydrogen) atoms. The van der Waals surface area contributed by atoms with Crippen molar-refractivity contribution in [3.8, 4) is 0 Å². The van der Waals surface area contributed by atoms with E-state index in [0.717, 1.165) is 16.8 Å². The smallest absolute Gasteiger partial charge is 0.229 e. The number of thiophene rings is 1. The molecule has 0 bridgehead atoms. The molecule has 2 aromatic rings. The summed E-state index contributed by atoms with van der Waals surface area (Å²) in [6, 6.07) is 1.93. The maximum absolute atomic E-state index is 12.0. The van der Waals surface area contributed by atoms with Crippen LogP contribution in [0.3, 0.4) is 0 Å². The van der Waals surface area contributed by atoms with Gasteiger partial charge in [-0.25, -0.2) is 0 Å². The largest absolute Gasteiger partial charge is 0.332 e. The molecule has 0 saturated heterocycles. The minimum atomic E-state index is -0.0869. The third-order valence-corrected chi connectivity index (χ3v) is 4.03. The van der Waals surface area contributed by atoms with Crippen LogP contribution in [0.4, 0.5) is 5.82 Å². The summed E-state index contributed by atoms with van der Waals surface area (Å²) in [5.74, 6) is 0.527. The average molecular weight is 290 g/mol. The Bertz CT molecular complexity index is 647. The van der Waals surface area contributed by atoms with Gasteiger partial charge in [-0.1, -0.05) is 0 Å². The Morgan fingerprint density at radius 3 is 3.05 bits per heavy atom. The van der Waals surface area contributed by atoms with Crippen LogP contribution in [0.25, 0.3) is 0 Å². The molecule has 3 heterocycles. The number of carbonyl (C=O) groups excluding carboxylic acids is 2. The molecular formula is C13H14N4O2S. The number of rotatable bonds is 3. The molecule has 0 atom stereocenters. The van der Waals surface area contributed by atoms with Crippen molar-refractivity contribution in [2.75, 3.05) is 5.32 Å². The van der Waals surface area contributed by atoms with Crippen molar-refractivity contribution >= 4 is 29.0 Å². The Kier molecular flexibility index (Phi) is 3.27. The van der Waals surface area contributed by atoms with Crippen LogP contribution in [0.5, 0.6) is 0 Å². The Morgan fingerprint density at radius 1 is 1.50 bits per heavy atom. The minimum Gasteiger partial charge on any atom is -0.332 e. The fourth-order valence-electron chi connectivity index (χ4n) is 2.22. The molecule has 0 aliphatic carbocycles. The van der Waals surface area contributed by atoms with Gasteiger partial charge in [0.05, 0.1) is 25.2 Å². The highest BCUT2D eigenvalue weighted by atomic mass is 32.1. The Balaban J connectivity index is 1.68. The summed E-state index contributed by atoms with van der Waals surface area (Å²) in [5, 5.41) is 13.7. The fourth-order valence-corrected chi connectivity index (χ4v) is 2.89. The van der Waals surface area contributed by atoms with E-state index in [9.17, 15) is 9.59 Å². The van der Waals surface area contributed by atoms with Crippen molar-refractivity contribution in [1.29, 1.82) is 0 Å². The lowest BCUT2D eigenvalue weighted by Gasteiger charge is -2.12. The first kappa shape index (κ1) is 12.9. The Morgan fingerprint density at radius 2 is 2.35 bits per heavy atom. The molecule has 1 aliphatic rings. The summed E-state index contributed by atoms with van der Waals surface area (Å²) in [5.41, 5.74) is 2.72. The number of nitrogens with zero attached hydrogens (tertiary/aromatic N) is 2. The highest BCUT2D eigenvalue weighted by molar-refractivity contribution is 7.08. The molecule has 0 aromatic carbocycles. The SMILES string of the molecule is CC(=O)N1Cc2n[nH]c(NC(=O)Cc3ccsc3)c2C1. The molecule has 1 aliphatic heterocycles. The number of hydrogen-bond acceptors (Lipinski definition) is 4. The molecule has 104 valence electrons. The van der Waals surface area contributed by atoms with Gasteiger partial charge >= 0.3 is 0 Å². The summed E-state index contributed by atoms with van der Waals surface area (Å²) in [6.45, 7) is 2.53. The van der Waals surface area contributed by atoms with Gasteiger partial charge in [-0.15, -0.1) is 0 Å². The summed E-state index contributed by atoms with van der Waals surface area (Å²) in [6.07, 6.45) is 0.341. The zero-order chi connectivity index (χ0) is 14.1. The number of carbonyl (C=O) groups is 2. The van der Waals surface area contributed by atoms with Gasteiger partial charge in [0.15, 0.2) is 0 Å². The Hall–Kier alpha value is -2.15. The van der Waals surface area contributed by atoms with Crippen LogP contribution in [0.2, 0.25) is 0 Å². The summed E-state index contributed by atoms with van der Waals surface area (Å²) in [4.78, 5) is 25.0. The lowest BCUT2D eigenvalue weighted by atomic mass is 10.2. The van der Waals surface area contributed by atoms with E-state index in [4.69, 9.17) is 0 Å². The molecular weight excluding hydrogens is 276 g/mol. The third-order valence-electron chi connectivity index (χ3n) is 3.30. The summed E-state index contributed by atoms with van der Waals surface area (Å²) in [7, 11) is 0. The maximum Gasteiger partial charge on any atom is 0.229 e. The standard InChI is InChI=1S/C13H14N4O2S/c1-8(18)17-5-10-11(6-17)15-16-13(10)14-12(19)4-9-2-3-20-7-9/h2-3,7H,4-6H2,1H3,(H2,14,15,16,19). The van der Waals surface area contributed by atoms with Gasteiger partial charge in [-0.05, 0) is 22.4 Å². The highest BCUT2D eigenvalue weighted by Gasteiger charge is 2.27.